The van der Waals surface area contributed by atoms with E-state index >= 15 is 0 Å². The van der Waals surface area contributed by atoms with Crippen LogP contribution in [0.15, 0.2) is 34.9 Å². The second-order valence-corrected chi connectivity index (χ2v) is 5.02. The third-order valence-corrected chi connectivity index (χ3v) is 3.39. The SMILES string of the molecule is Cc1ccc(CNC(CO)c2ccco2)s1. The molecule has 0 aliphatic heterocycles. The number of hydrogen-bond donors (Lipinski definition) is 2. The van der Waals surface area contributed by atoms with Gasteiger partial charge in [-0.2, -0.15) is 0 Å². The van der Waals surface area contributed by atoms with Crippen LogP contribution >= 0.6 is 11.3 Å². The van der Waals surface area contributed by atoms with Gasteiger partial charge >= 0.3 is 0 Å². The predicted molar refractivity (Wildman–Crippen MR) is 64.4 cm³/mol. The zero-order valence-electron chi connectivity index (χ0n) is 9.14. The van der Waals surface area contributed by atoms with Crippen LogP contribution in [0.3, 0.4) is 0 Å². The Hall–Kier alpha value is -1.10. The molecule has 2 aromatic heterocycles. The average Bonchev–Trinajstić information content (AvgIpc) is 2.91. The van der Waals surface area contributed by atoms with E-state index in [9.17, 15) is 5.11 Å². The molecule has 2 heterocycles. The maximum atomic E-state index is 9.26. The fourth-order valence-corrected chi connectivity index (χ4v) is 2.39. The minimum Gasteiger partial charge on any atom is -0.468 e. The number of nitrogens with one attached hydrogen (secondary N) is 1. The molecule has 4 heteroatoms. The third-order valence-electron chi connectivity index (χ3n) is 2.39. The molecule has 0 bridgehead atoms. The van der Waals surface area contributed by atoms with E-state index in [-0.39, 0.29) is 12.6 Å². The summed E-state index contributed by atoms with van der Waals surface area (Å²) < 4.78 is 5.26. The number of rotatable bonds is 5. The fraction of sp³-hybridized carbons (Fsp3) is 0.333. The summed E-state index contributed by atoms with van der Waals surface area (Å²) in [6.45, 7) is 2.88. The lowest BCUT2D eigenvalue weighted by Crippen LogP contribution is -2.23. The number of aliphatic hydroxyl groups excluding tert-OH is 1. The molecule has 0 aliphatic rings. The summed E-state index contributed by atoms with van der Waals surface area (Å²) in [6, 6.07) is 7.77. The van der Waals surface area contributed by atoms with Crippen LogP contribution < -0.4 is 5.32 Å². The number of thiophene rings is 1. The molecule has 2 N–H and O–H groups in total. The predicted octanol–water partition coefficient (Wildman–Crippen LogP) is 2.47. The molecule has 0 aliphatic carbocycles. The van der Waals surface area contributed by atoms with E-state index in [2.05, 4.69) is 24.4 Å². The topological polar surface area (TPSA) is 45.4 Å². The Bertz CT molecular complexity index is 422. The molecular weight excluding hydrogens is 222 g/mol. The normalized spacial score (nSPS) is 12.9. The Morgan fingerprint density at radius 1 is 1.44 bits per heavy atom. The molecule has 0 radical (unpaired) electrons. The van der Waals surface area contributed by atoms with Crippen molar-refractivity contribution in [1.82, 2.24) is 5.32 Å². The van der Waals surface area contributed by atoms with Gasteiger partial charge in [-0.25, -0.2) is 0 Å². The van der Waals surface area contributed by atoms with Gasteiger partial charge < -0.3 is 14.8 Å². The first kappa shape index (κ1) is 11.4. The van der Waals surface area contributed by atoms with E-state index in [0.29, 0.717) is 0 Å². The van der Waals surface area contributed by atoms with Crippen LogP contribution in [0, 0.1) is 6.92 Å². The summed E-state index contributed by atoms with van der Waals surface area (Å²) in [6.07, 6.45) is 1.62. The molecule has 0 saturated carbocycles. The van der Waals surface area contributed by atoms with Crippen molar-refractivity contribution in [2.24, 2.45) is 0 Å². The highest BCUT2D eigenvalue weighted by atomic mass is 32.1. The van der Waals surface area contributed by atoms with Gasteiger partial charge in [0.2, 0.25) is 0 Å². The summed E-state index contributed by atoms with van der Waals surface area (Å²) in [5.41, 5.74) is 0. The molecule has 0 amide bonds. The third kappa shape index (κ3) is 2.72. The van der Waals surface area contributed by atoms with Gasteiger partial charge in [-0.15, -0.1) is 11.3 Å². The minimum atomic E-state index is -0.127. The first-order chi connectivity index (χ1) is 7.79. The molecule has 0 spiro atoms. The van der Waals surface area contributed by atoms with Crippen LogP contribution in [0.4, 0.5) is 0 Å². The summed E-state index contributed by atoms with van der Waals surface area (Å²) in [4.78, 5) is 2.57. The molecule has 0 saturated heterocycles. The van der Waals surface area contributed by atoms with Crippen LogP contribution in [0.25, 0.3) is 0 Å². The first-order valence-corrected chi connectivity index (χ1v) is 6.04. The smallest absolute Gasteiger partial charge is 0.123 e. The molecule has 0 fully saturated rings. The number of aryl methyl sites for hydroxylation is 1. The van der Waals surface area contributed by atoms with Crippen molar-refractivity contribution in [3.8, 4) is 0 Å². The lowest BCUT2D eigenvalue weighted by molar-refractivity contribution is 0.226. The van der Waals surface area contributed by atoms with Gasteiger partial charge in [0.15, 0.2) is 0 Å². The van der Waals surface area contributed by atoms with Crippen molar-refractivity contribution >= 4 is 11.3 Å². The van der Waals surface area contributed by atoms with Crippen molar-refractivity contribution in [3.63, 3.8) is 0 Å². The van der Waals surface area contributed by atoms with Gasteiger partial charge in [0.25, 0.3) is 0 Å². The lowest BCUT2D eigenvalue weighted by Gasteiger charge is -2.12. The van der Waals surface area contributed by atoms with E-state index < -0.39 is 0 Å². The Morgan fingerprint density at radius 2 is 2.31 bits per heavy atom. The quantitative estimate of drug-likeness (QED) is 0.839. The molecule has 16 heavy (non-hydrogen) atoms. The van der Waals surface area contributed by atoms with Gasteiger partial charge in [-0.3, -0.25) is 0 Å². The average molecular weight is 237 g/mol. The van der Waals surface area contributed by atoms with Crippen LogP contribution in [0.1, 0.15) is 21.6 Å². The molecule has 2 aromatic rings. The van der Waals surface area contributed by atoms with Crippen molar-refractivity contribution < 1.29 is 9.52 Å². The van der Waals surface area contributed by atoms with Crippen LogP contribution in [-0.2, 0) is 6.54 Å². The largest absolute Gasteiger partial charge is 0.468 e. The van der Waals surface area contributed by atoms with Crippen LogP contribution in [-0.4, -0.2) is 11.7 Å². The molecular formula is C12H15NO2S. The monoisotopic (exact) mass is 237 g/mol. The fourth-order valence-electron chi connectivity index (χ4n) is 1.55. The van der Waals surface area contributed by atoms with E-state index in [1.165, 1.54) is 9.75 Å². The second-order valence-electron chi connectivity index (χ2n) is 3.64. The van der Waals surface area contributed by atoms with Crippen molar-refractivity contribution in [2.75, 3.05) is 6.61 Å². The highest BCUT2D eigenvalue weighted by Crippen LogP contribution is 2.17. The van der Waals surface area contributed by atoms with Crippen molar-refractivity contribution in [1.29, 1.82) is 0 Å². The highest BCUT2D eigenvalue weighted by Gasteiger charge is 2.12. The molecule has 1 unspecified atom stereocenters. The zero-order chi connectivity index (χ0) is 11.4. The summed E-state index contributed by atoms with van der Waals surface area (Å²) in [5, 5.41) is 12.5. The second kappa shape index (κ2) is 5.30. The number of aliphatic hydroxyl groups is 1. The lowest BCUT2D eigenvalue weighted by atomic mass is 10.2. The highest BCUT2D eigenvalue weighted by molar-refractivity contribution is 7.11. The summed E-state index contributed by atoms with van der Waals surface area (Å²) in [5.74, 6) is 0.774. The first-order valence-electron chi connectivity index (χ1n) is 5.22. The Balaban J connectivity index is 1.93. The van der Waals surface area contributed by atoms with Crippen LogP contribution in [0.2, 0.25) is 0 Å². The van der Waals surface area contributed by atoms with Gasteiger partial charge in [-0.1, -0.05) is 0 Å². The number of furan rings is 1. The number of hydrogen-bond acceptors (Lipinski definition) is 4. The molecule has 0 aromatic carbocycles. The van der Waals surface area contributed by atoms with Gasteiger partial charge in [0.1, 0.15) is 5.76 Å². The van der Waals surface area contributed by atoms with Gasteiger partial charge in [-0.05, 0) is 31.2 Å². The van der Waals surface area contributed by atoms with E-state index in [1.54, 1.807) is 17.6 Å². The van der Waals surface area contributed by atoms with Crippen LogP contribution in [0.5, 0.6) is 0 Å². The molecule has 1 atom stereocenters. The van der Waals surface area contributed by atoms with E-state index in [4.69, 9.17) is 4.42 Å². The van der Waals surface area contributed by atoms with E-state index in [1.807, 2.05) is 12.1 Å². The molecule has 3 nitrogen and oxygen atoms in total. The molecule has 86 valence electrons. The summed E-state index contributed by atoms with van der Waals surface area (Å²) >= 11 is 1.76. The summed E-state index contributed by atoms with van der Waals surface area (Å²) in [7, 11) is 0. The Morgan fingerprint density at radius 3 is 2.88 bits per heavy atom. The standard InChI is InChI=1S/C12H15NO2S/c1-9-4-5-10(16-9)7-13-11(8-14)12-3-2-6-15-12/h2-6,11,13-14H,7-8H2,1H3. The van der Waals surface area contributed by atoms with E-state index in [0.717, 1.165) is 12.3 Å². The Kier molecular flexibility index (Phi) is 3.77. The minimum absolute atomic E-state index is 0.0396. The van der Waals surface area contributed by atoms with Crippen molar-refractivity contribution in [3.05, 3.63) is 46.0 Å². The van der Waals surface area contributed by atoms with Gasteiger partial charge in [0, 0.05) is 16.3 Å². The van der Waals surface area contributed by atoms with Gasteiger partial charge in [0.05, 0.1) is 18.9 Å². The maximum Gasteiger partial charge on any atom is 0.123 e. The molecule has 2 rings (SSSR count). The van der Waals surface area contributed by atoms with Crippen molar-refractivity contribution in [2.45, 2.75) is 19.5 Å². The zero-order valence-corrected chi connectivity index (χ0v) is 9.96. The Labute approximate surface area is 98.7 Å². The maximum absolute atomic E-state index is 9.26.